The minimum Gasteiger partial charge on any atom is -0.496 e. The minimum absolute atomic E-state index is 0.0936. The number of benzene rings is 1. The maximum Gasteiger partial charge on any atom is 0.255 e. The number of rotatable bonds is 6. The second-order valence-electron chi connectivity index (χ2n) is 6.81. The number of furan rings is 1. The maximum atomic E-state index is 13.0. The quantitative estimate of drug-likeness (QED) is 0.469. The van der Waals surface area contributed by atoms with Crippen molar-refractivity contribution in [2.45, 2.75) is 32.2 Å². The van der Waals surface area contributed by atoms with Crippen LogP contribution in [0.2, 0.25) is 0 Å². The summed E-state index contributed by atoms with van der Waals surface area (Å²) in [7, 11) is 1.64. The third-order valence-corrected chi connectivity index (χ3v) is 6.71. The number of nitrogens with one attached hydrogen (secondary N) is 1. The summed E-state index contributed by atoms with van der Waals surface area (Å²) >= 11 is 5.13. The van der Waals surface area contributed by atoms with Gasteiger partial charge in [0, 0.05) is 11.1 Å². The van der Waals surface area contributed by atoms with Crippen LogP contribution in [0.25, 0.3) is 0 Å². The number of methoxy groups -OCH3 is 1. The molecule has 0 atom stereocenters. The van der Waals surface area contributed by atoms with Gasteiger partial charge in [-0.05, 0) is 83.1 Å². The molecule has 2 heterocycles. The van der Waals surface area contributed by atoms with Gasteiger partial charge in [-0.15, -0.1) is 11.3 Å². The minimum atomic E-state index is -0.0936. The van der Waals surface area contributed by atoms with E-state index in [1.165, 1.54) is 4.88 Å². The number of thiophene rings is 1. The number of halogens is 1. The number of nitrogens with zero attached hydrogens (tertiary/aromatic N) is 1. The fourth-order valence-electron chi connectivity index (χ4n) is 3.44. The van der Waals surface area contributed by atoms with Crippen molar-refractivity contribution in [2.24, 2.45) is 4.99 Å². The zero-order valence-corrected chi connectivity index (χ0v) is 18.4. The molecule has 0 saturated carbocycles. The van der Waals surface area contributed by atoms with Gasteiger partial charge >= 0.3 is 0 Å². The average Bonchev–Trinajstić information content (AvgIpc) is 3.38. The van der Waals surface area contributed by atoms with Gasteiger partial charge < -0.3 is 14.5 Å². The van der Waals surface area contributed by atoms with E-state index >= 15 is 0 Å². The summed E-state index contributed by atoms with van der Waals surface area (Å²) in [5.74, 6) is 1.41. The zero-order chi connectivity index (χ0) is 20.2. The van der Waals surface area contributed by atoms with Crippen molar-refractivity contribution in [1.82, 2.24) is 5.32 Å². The SMILES string of the molecule is COc1ccc(C=Nc2sc3c(c2C(=O)NCc2ccco2)CCCC3)cc1Br. The molecule has 0 fully saturated rings. The highest BCUT2D eigenvalue weighted by Crippen LogP contribution is 2.40. The van der Waals surface area contributed by atoms with Crippen LogP contribution in [0.15, 0.2) is 50.5 Å². The number of hydrogen-bond acceptors (Lipinski definition) is 5. The molecular formula is C22H21BrN2O3S. The molecule has 1 amide bonds. The van der Waals surface area contributed by atoms with E-state index in [0.717, 1.165) is 57.8 Å². The Kier molecular flexibility index (Phi) is 6.16. The molecule has 1 aliphatic rings. The van der Waals surface area contributed by atoms with Crippen molar-refractivity contribution >= 4 is 44.4 Å². The molecule has 29 heavy (non-hydrogen) atoms. The molecule has 5 nitrogen and oxygen atoms in total. The van der Waals surface area contributed by atoms with E-state index in [-0.39, 0.29) is 5.91 Å². The Hall–Kier alpha value is -2.38. The molecule has 0 spiro atoms. The summed E-state index contributed by atoms with van der Waals surface area (Å²) in [4.78, 5) is 19.0. The lowest BCUT2D eigenvalue weighted by Gasteiger charge is -2.12. The zero-order valence-electron chi connectivity index (χ0n) is 16.0. The van der Waals surface area contributed by atoms with E-state index in [1.807, 2.05) is 30.3 Å². The highest BCUT2D eigenvalue weighted by atomic mass is 79.9. The van der Waals surface area contributed by atoms with Crippen LogP contribution in [-0.2, 0) is 19.4 Å². The number of aryl methyl sites for hydroxylation is 1. The van der Waals surface area contributed by atoms with Crippen LogP contribution < -0.4 is 10.1 Å². The Balaban J connectivity index is 1.61. The predicted molar refractivity (Wildman–Crippen MR) is 119 cm³/mol. The summed E-state index contributed by atoms with van der Waals surface area (Å²) in [6, 6.07) is 9.45. The number of amides is 1. The molecule has 2 aromatic heterocycles. The second-order valence-corrected chi connectivity index (χ2v) is 8.74. The first-order chi connectivity index (χ1) is 14.2. The fourth-order valence-corrected chi connectivity index (χ4v) is 5.23. The van der Waals surface area contributed by atoms with Crippen molar-refractivity contribution in [1.29, 1.82) is 0 Å². The van der Waals surface area contributed by atoms with Gasteiger partial charge in [-0.3, -0.25) is 4.79 Å². The number of hydrogen-bond donors (Lipinski definition) is 1. The smallest absolute Gasteiger partial charge is 0.255 e. The van der Waals surface area contributed by atoms with E-state index in [9.17, 15) is 4.79 Å². The normalized spacial score (nSPS) is 13.4. The van der Waals surface area contributed by atoms with Crippen LogP contribution in [-0.4, -0.2) is 19.2 Å². The van der Waals surface area contributed by atoms with Gasteiger partial charge in [0.05, 0.1) is 30.0 Å². The molecule has 0 radical (unpaired) electrons. The van der Waals surface area contributed by atoms with Gasteiger partial charge in [0.1, 0.15) is 16.5 Å². The highest BCUT2D eigenvalue weighted by molar-refractivity contribution is 9.10. The number of carbonyl (C=O) groups is 1. The van der Waals surface area contributed by atoms with Crippen molar-refractivity contribution < 1.29 is 13.9 Å². The Labute approximate surface area is 181 Å². The van der Waals surface area contributed by atoms with Crippen molar-refractivity contribution in [3.8, 4) is 5.75 Å². The first-order valence-corrected chi connectivity index (χ1v) is 11.1. The molecule has 1 aliphatic carbocycles. The Morgan fingerprint density at radius 1 is 1.34 bits per heavy atom. The first-order valence-electron chi connectivity index (χ1n) is 9.48. The molecule has 3 aromatic rings. The largest absolute Gasteiger partial charge is 0.496 e. The van der Waals surface area contributed by atoms with E-state index in [2.05, 4.69) is 21.2 Å². The van der Waals surface area contributed by atoms with E-state index in [0.29, 0.717) is 12.1 Å². The summed E-state index contributed by atoms with van der Waals surface area (Å²) < 4.78 is 11.5. The van der Waals surface area contributed by atoms with E-state index in [1.54, 1.807) is 30.9 Å². The molecule has 0 aliphatic heterocycles. The van der Waals surface area contributed by atoms with Gasteiger partial charge in [0.25, 0.3) is 5.91 Å². The van der Waals surface area contributed by atoms with Crippen LogP contribution in [0, 0.1) is 0 Å². The maximum absolute atomic E-state index is 13.0. The fraction of sp³-hybridized carbons (Fsp3) is 0.273. The monoisotopic (exact) mass is 472 g/mol. The van der Waals surface area contributed by atoms with Gasteiger partial charge in [-0.2, -0.15) is 0 Å². The molecule has 4 rings (SSSR count). The lowest BCUT2D eigenvalue weighted by Crippen LogP contribution is -2.23. The van der Waals surface area contributed by atoms with Gasteiger partial charge in [-0.1, -0.05) is 0 Å². The second kappa shape index (κ2) is 8.97. The standard InChI is InChI=1S/C22H21BrN2O3S/c1-27-18-9-8-14(11-17(18)23)12-25-22-20(16-6-2-3-7-19(16)29-22)21(26)24-13-15-5-4-10-28-15/h4-5,8-12H,2-3,6-7,13H2,1H3,(H,24,26). The average molecular weight is 473 g/mol. The Bertz CT molecular complexity index is 1040. The third-order valence-electron chi connectivity index (χ3n) is 4.89. The molecule has 7 heteroatoms. The third kappa shape index (κ3) is 4.46. The lowest BCUT2D eigenvalue weighted by atomic mass is 9.95. The number of carbonyl (C=O) groups excluding carboxylic acids is 1. The molecular weight excluding hydrogens is 452 g/mol. The Morgan fingerprint density at radius 3 is 2.97 bits per heavy atom. The lowest BCUT2D eigenvalue weighted by molar-refractivity contribution is 0.0948. The molecule has 0 bridgehead atoms. The predicted octanol–water partition coefficient (Wildman–Crippen LogP) is 5.67. The van der Waals surface area contributed by atoms with Crippen molar-refractivity contribution in [3.05, 3.63) is 68.4 Å². The summed E-state index contributed by atoms with van der Waals surface area (Å²) in [5.41, 5.74) is 2.80. The molecule has 1 aromatic carbocycles. The van der Waals surface area contributed by atoms with Crippen LogP contribution in [0.4, 0.5) is 5.00 Å². The Morgan fingerprint density at radius 2 is 2.21 bits per heavy atom. The van der Waals surface area contributed by atoms with Gasteiger partial charge in [0.2, 0.25) is 0 Å². The van der Waals surface area contributed by atoms with Crippen LogP contribution >= 0.6 is 27.3 Å². The number of fused-ring (bicyclic) bond motifs is 1. The highest BCUT2D eigenvalue weighted by Gasteiger charge is 2.25. The summed E-state index contributed by atoms with van der Waals surface area (Å²) in [5, 5.41) is 3.74. The topological polar surface area (TPSA) is 63.8 Å². The summed E-state index contributed by atoms with van der Waals surface area (Å²) in [6.07, 6.45) is 7.62. The van der Waals surface area contributed by atoms with Gasteiger partial charge in [-0.25, -0.2) is 4.99 Å². The molecule has 150 valence electrons. The molecule has 0 unspecified atom stereocenters. The van der Waals surface area contributed by atoms with Gasteiger partial charge in [0.15, 0.2) is 0 Å². The van der Waals surface area contributed by atoms with Crippen LogP contribution in [0.3, 0.4) is 0 Å². The molecule has 1 N–H and O–H groups in total. The number of ether oxygens (including phenoxy) is 1. The van der Waals surface area contributed by atoms with Crippen molar-refractivity contribution in [3.63, 3.8) is 0 Å². The first kappa shape index (κ1) is 19.9. The van der Waals surface area contributed by atoms with Crippen LogP contribution in [0.5, 0.6) is 5.75 Å². The van der Waals surface area contributed by atoms with E-state index in [4.69, 9.17) is 14.1 Å². The summed E-state index contributed by atoms with van der Waals surface area (Å²) in [6.45, 7) is 0.366. The molecule has 0 saturated heterocycles. The van der Waals surface area contributed by atoms with E-state index < -0.39 is 0 Å². The van der Waals surface area contributed by atoms with Crippen molar-refractivity contribution in [2.75, 3.05) is 7.11 Å². The van der Waals surface area contributed by atoms with Crippen LogP contribution in [0.1, 0.15) is 45.0 Å². The number of aliphatic imine (C=N–C) groups is 1.